The first-order valence-electron chi connectivity index (χ1n) is 7.77. The number of imidazole rings is 1. The minimum Gasteiger partial charge on any atom is -0.337 e. The van der Waals surface area contributed by atoms with Crippen molar-refractivity contribution in [2.45, 2.75) is 6.54 Å². The van der Waals surface area contributed by atoms with Gasteiger partial charge in [-0.2, -0.15) is 0 Å². The molecule has 4 rings (SSSR count). The molecule has 1 aliphatic heterocycles. The fourth-order valence-corrected chi connectivity index (χ4v) is 4.21. The lowest BCUT2D eigenvalue weighted by Gasteiger charge is -2.21. The summed E-state index contributed by atoms with van der Waals surface area (Å²) >= 11 is 1.52. The number of aryl methyl sites for hydroxylation is 1. The van der Waals surface area contributed by atoms with E-state index in [9.17, 15) is 9.59 Å². The summed E-state index contributed by atoms with van der Waals surface area (Å²) in [5.41, 5.74) is 1.45. The maximum atomic E-state index is 12.6. The molecule has 0 bridgehead atoms. The van der Waals surface area contributed by atoms with E-state index in [2.05, 4.69) is 15.7 Å². The standard InChI is InChI=1S/C14H18N6O2S/c1-17-11-10(12(21)18(2)14(17)22)20-9(8-23-13(20)16-11)7-19-5-3-15-4-6-19/h8,15H,3-7H2,1-2H3/p+2. The molecule has 9 heteroatoms. The van der Waals surface area contributed by atoms with Gasteiger partial charge in [0.15, 0.2) is 16.1 Å². The fourth-order valence-electron chi connectivity index (χ4n) is 3.33. The molecule has 3 aromatic heterocycles. The summed E-state index contributed by atoms with van der Waals surface area (Å²) in [6.45, 7) is 5.42. The Balaban J connectivity index is 1.93. The van der Waals surface area contributed by atoms with Crippen LogP contribution in [0.25, 0.3) is 16.1 Å². The van der Waals surface area contributed by atoms with Crippen molar-refractivity contribution in [1.29, 1.82) is 0 Å². The molecule has 0 radical (unpaired) electrons. The van der Waals surface area contributed by atoms with Gasteiger partial charge in [0.1, 0.15) is 32.7 Å². The second-order valence-corrected chi connectivity index (χ2v) is 6.96. The number of nitrogens with one attached hydrogen (secondary N) is 1. The number of hydrogen-bond acceptors (Lipinski definition) is 4. The Morgan fingerprint density at radius 1 is 1.26 bits per heavy atom. The van der Waals surface area contributed by atoms with E-state index >= 15 is 0 Å². The lowest BCUT2D eigenvalue weighted by Crippen LogP contribution is -3.19. The average molecular weight is 336 g/mol. The normalized spacial score (nSPS) is 16.6. The smallest absolute Gasteiger partial charge is 0.332 e. The maximum absolute atomic E-state index is 12.6. The van der Waals surface area contributed by atoms with Crippen molar-refractivity contribution in [3.63, 3.8) is 0 Å². The molecule has 0 saturated carbocycles. The van der Waals surface area contributed by atoms with Crippen LogP contribution in [0, 0.1) is 0 Å². The third-order valence-electron chi connectivity index (χ3n) is 4.65. The summed E-state index contributed by atoms with van der Waals surface area (Å²) in [5, 5.41) is 4.42. The van der Waals surface area contributed by atoms with Crippen molar-refractivity contribution in [3.8, 4) is 0 Å². The maximum Gasteiger partial charge on any atom is 0.332 e. The van der Waals surface area contributed by atoms with E-state index in [4.69, 9.17) is 0 Å². The van der Waals surface area contributed by atoms with Crippen LogP contribution in [-0.2, 0) is 20.6 Å². The van der Waals surface area contributed by atoms with Crippen molar-refractivity contribution in [2.24, 2.45) is 14.1 Å². The lowest BCUT2D eigenvalue weighted by atomic mass is 10.3. The molecule has 3 N–H and O–H groups in total. The topological polar surface area (TPSA) is 82.3 Å². The Bertz CT molecular complexity index is 1000. The van der Waals surface area contributed by atoms with E-state index in [0.717, 1.165) is 47.9 Å². The van der Waals surface area contributed by atoms with Crippen molar-refractivity contribution < 1.29 is 10.2 Å². The molecule has 0 aromatic carbocycles. The van der Waals surface area contributed by atoms with E-state index in [1.54, 1.807) is 7.05 Å². The number of aromatic nitrogens is 4. The van der Waals surface area contributed by atoms with Gasteiger partial charge in [-0.15, -0.1) is 11.3 Å². The number of nitrogens with two attached hydrogens (primary N) is 1. The number of fused-ring (bicyclic) bond motifs is 3. The molecule has 8 nitrogen and oxygen atoms in total. The quantitative estimate of drug-likeness (QED) is 0.520. The molecule has 0 spiro atoms. The number of hydrogen-bond donors (Lipinski definition) is 2. The predicted molar refractivity (Wildman–Crippen MR) is 87.1 cm³/mol. The van der Waals surface area contributed by atoms with Crippen LogP contribution in [0.1, 0.15) is 5.69 Å². The summed E-state index contributed by atoms with van der Waals surface area (Å²) in [6.07, 6.45) is 0. The summed E-state index contributed by atoms with van der Waals surface area (Å²) in [7, 11) is 3.17. The average Bonchev–Trinajstić information content (AvgIpc) is 3.12. The highest BCUT2D eigenvalue weighted by Gasteiger charge is 2.22. The van der Waals surface area contributed by atoms with Gasteiger partial charge in [-0.05, 0) is 0 Å². The van der Waals surface area contributed by atoms with Crippen LogP contribution < -0.4 is 21.5 Å². The minimum atomic E-state index is -0.341. The van der Waals surface area contributed by atoms with Crippen LogP contribution in [0.5, 0.6) is 0 Å². The largest absolute Gasteiger partial charge is 0.337 e. The minimum absolute atomic E-state index is 0.280. The fraction of sp³-hybridized carbons (Fsp3) is 0.500. The number of nitrogens with zero attached hydrogens (tertiary/aromatic N) is 4. The highest BCUT2D eigenvalue weighted by Crippen LogP contribution is 2.20. The SMILES string of the molecule is Cn1c(=O)c2c(nc3scc(C[NH+]4CC[NH2+]CC4)n32)n(C)c1=O. The van der Waals surface area contributed by atoms with Crippen molar-refractivity contribution in [3.05, 3.63) is 31.9 Å². The van der Waals surface area contributed by atoms with Crippen LogP contribution in [-0.4, -0.2) is 44.7 Å². The first-order chi connectivity index (χ1) is 11.1. The van der Waals surface area contributed by atoms with Crippen LogP contribution in [0.3, 0.4) is 0 Å². The van der Waals surface area contributed by atoms with Crippen molar-refractivity contribution in [1.82, 2.24) is 18.5 Å². The van der Waals surface area contributed by atoms with E-state index in [-0.39, 0.29) is 11.2 Å². The van der Waals surface area contributed by atoms with Crippen molar-refractivity contribution in [2.75, 3.05) is 26.2 Å². The van der Waals surface area contributed by atoms with Gasteiger partial charge in [-0.25, -0.2) is 9.78 Å². The molecule has 122 valence electrons. The van der Waals surface area contributed by atoms with Gasteiger partial charge in [0.2, 0.25) is 0 Å². The molecule has 0 atom stereocenters. The lowest BCUT2D eigenvalue weighted by molar-refractivity contribution is -0.958. The Labute approximate surface area is 135 Å². The van der Waals surface area contributed by atoms with E-state index in [1.165, 1.54) is 27.9 Å². The van der Waals surface area contributed by atoms with Crippen LogP contribution in [0.2, 0.25) is 0 Å². The molecule has 0 amide bonds. The first-order valence-corrected chi connectivity index (χ1v) is 8.65. The molecule has 1 aliphatic rings. The molecule has 1 saturated heterocycles. The van der Waals surface area contributed by atoms with Crippen molar-refractivity contribution >= 4 is 27.5 Å². The molecule has 23 heavy (non-hydrogen) atoms. The van der Waals surface area contributed by atoms with E-state index < -0.39 is 0 Å². The molecule has 0 unspecified atom stereocenters. The van der Waals surface area contributed by atoms with Gasteiger partial charge in [0.25, 0.3) is 5.56 Å². The Morgan fingerprint density at radius 3 is 2.74 bits per heavy atom. The monoisotopic (exact) mass is 336 g/mol. The molecular weight excluding hydrogens is 316 g/mol. The molecule has 3 aromatic rings. The predicted octanol–water partition coefficient (Wildman–Crippen LogP) is -3.09. The Hall–Kier alpha value is -1.97. The van der Waals surface area contributed by atoms with Gasteiger partial charge in [-0.1, -0.05) is 0 Å². The molecular formula is C14H20N6O2S+2. The second kappa shape index (κ2) is 5.29. The number of thiazole rings is 1. The van der Waals surface area contributed by atoms with Gasteiger partial charge in [-0.3, -0.25) is 18.3 Å². The Kier molecular flexibility index (Phi) is 3.36. The zero-order chi connectivity index (χ0) is 16.1. The molecule has 4 heterocycles. The Morgan fingerprint density at radius 2 is 2.00 bits per heavy atom. The van der Waals surface area contributed by atoms with Gasteiger partial charge in [0.05, 0.1) is 5.69 Å². The molecule has 1 fully saturated rings. The molecule has 0 aliphatic carbocycles. The zero-order valence-electron chi connectivity index (χ0n) is 13.2. The van der Waals surface area contributed by atoms with Gasteiger partial charge in [0, 0.05) is 19.5 Å². The number of piperazine rings is 1. The van der Waals surface area contributed by atoms with E-state index in [0.29, 0.717) is 11.2 Å². The number of rotatable bonds is 2. The summed E-state index contributed by atoms with van der Waals surface area (Å²) in [5.74, 6) is 0. The first kappa shape index (κ1) is 14.6. The van der Waals surface area contributed by atoms with E-state index in [1.807, 2.05) is 4.40 Å². The third-order valence-corrected chi connectivity index (χ3v) is 5.52. The zero-order valence-corrected chi connectivity index (χ0v) is 14.0. The number of quaternary nitrogens is 2. The summed E-state index contributed by atoms with van der Waals surface area (Å²) < 4.78 is 4.54. The second-order valence-electron chi connectivity index (χ2n) is 6.13. The highest BCUT2D eigenvalue weighted by molar-refractivity contribution is 7.15. The van der Waals surface area contributed by atoms with Crippen LogP contribution in [0.4, 0.5) is 0 Å². The van der Waals surface area contributed by atoms with Gasteiger partial charge >= 0.3 is 5.69 Å². The highest BCUT2D eigenvalue weighted by atomic mass is 32.1. The summed E-state index contributed by atoms with van der Waals surface area (Å²) in [4.78, 5) is 31.5. The van der Waals surface area contributed by atoms with Gasteiger partial charge < -0.3 is 10.2 Å². The van der Waals surface area contributed by atoms with Crippen LogP contribution in [0.15, 0.2) is 15.0 Å². The third kappa shape index (κ3) is 2.15. The van der Waals surface area contributed by atoms with Crippen LogP contribution >= 0.6 is 11.3 Å². The summed E-state index contributed by atoms with van der Waals surface area (Å²) in [6, 6.07) is 0.